The summed E-state index contributed by atoms with van der Waals surface area (Å²) in [5.74, 6) is -0.434. The van der Waals surface area contributed by atoms with E-state index < -0.39 is 24.1 Å². The van der Waals surface area contributed by atoms with Crippen molar-refractivity contribution in [3.63, 3.8) is 0 Å². The molecule has 0 unspecified atom stereocenters. The minimum atomic E-state index is -0.872. The molecule has 0 bridgehead atoms. The van der Waals surface area contributed by atoms with Gasteiger partial charge in [0, 0.05) is 0 Å². The molecule has 7 nitrogen and oxygen atoms in total. The molecule has 1 aliphatic carbocycles. The Bertz CT molecular complexity index is 741. The lowest BCUT2D eigenvalue weighted by molar-refractivity contribution is -0.149. The zero-order valence-corrected chi connectivity index (χ0v) is 16.0. The number of urea groups is 1. The van der Waals surface area contributed by atoms with Crippen LogP contribution in [0.25, 0.3) is 0 Å². The SMILES string of the molecule is C[C@H]1CCCC[C@]12NC(=O)N(CC(=O)OCCOc1ccccc1Cl)C2=O. The lowest BCUT2D eigenvalue weighted by Gasteiger charge is -2.36. The third-order valence-corrected chi connectivity index (χ3v) is 5.54. The fourth-order valence-electron chi connectivity index (χ4n) is 3.68. The van der Waals surface area contributed by atoms with E-state index in [-0.39, 0.29) is 25.0 Å². The predicted octanol–water partition coefficient (Wildman–Crippen LogP) is 2.76. The number of para-hydroxylation sites is 1. The van der Waals surface area contributed by atoms with Crippen LogP contribution in [0.1, 0.15) is 32.6 Å². The van der Waals surface area contributed by atoms with Gasteiger partial charge >= 0.3 is 12.0 Å². The van der Waals surface area contributed by atoms with Crippen LogP contribution in [-0.4, -0.2) is 48.1 Å². The number of imide groups is 1. The van der Waals surface area contributed by atoms with Gasteiger partial charge in [-0.15, -0.1) is 0 Å². The Hall–Kier alpha value is -2.28. The van der Waals surface area contributed by atoms with E-state index in [0.717, 1.165) is 24.2 Å². The van der Waals surface area contributed by atoms with Crippen molar-refractivity contribution in [3.05, 3.63) is 29.3 Å². The molecule has 2 fully saturated rings. The van der Waals surface area contributed by atoms with Crippen molar-refractivity contribution in [1.82, 2.24) is 10.2 Å². The van der Waals surface area contributed by atoms with E-state index in [4.69, 9.17) is 21.1 Å². The van der Waals surface area contributed by atoms with E-state index in [1.165, 1.54) is 0 Å². The fourth-order valence-corrected chi connectivity index (χ4v) is 3.87. The predicted molar refractivity (Wildman–Crippen MR) is 98.5 cm³/mol. The lowest BCUT2D eigenvalue weighted by atomic mass is 9.73. The van der Waals surface area contributed by atoms with Gasteiger partial charge in [0.05, 0.1) is 5.02 Å². The van der Waals surface area contributed by atoms with Crippen molar-refractivity contribution in [2.24, 2.45) is 5.92 Å². The highest BCUT2D eigenvalue weighted by Crippen LogP contribution is 2.38. The van der Waals surface area contributed by atoms with E-state index in [0.29, 0.717) is 17.2 Å². The van der Waals surface area contributed by atoms with E-state index >= 15 is 0 Å². The smallest absolute Gasteiger partial charge is 0.326 e. The summed E-state index contributed by atoms with van der Waals surface area (Å²) in [7, 11) is 0. The topological polar surface area (TPSA) is 84.9 Å². The second-order valence-corrected chi connectivity index (χ2v) is 7.35. The second-order valence-electron chi connectivity index (χ2n) is 6.94. The molecule has 1 N–H and O–H groups in total. The summed E-state index contributed by atoms with van der Waals surface area (Å²) in [6.45, 7) is 1.68. The number of esters is 1. The highest BCUT2D eigenvalue weighted by Gasteiger charge is 2.55. The normalized spacial score (nSPS) is 24.8. The van der Waals surface area contributed by atoms with Crippen LogP contribution in [0.3, 0.4) is 0 Å². The third-order valence-electron chi connectivity index (χ3n) is 5.23. The maximum Gasteiger partial charge on any atom is 0.326 e. The largest absolute Gasteiger partial charge is 0.488 e. The molecule has 1 spiro atoms. The van der Waals surface area contributed by atoms with E-state index in [1.807, 2.05) is 6.92 Å². The number of benzene rings is 1. The number of rotatable bonds is 6. The van der Waals surface area contributed by atoms with Gasteiger partial charge in [-0.1, -0.05) is 43.5 Å². The van der Waals surface area contributed by atoms with Crippen LogP contribution in [0.4, 0.5) is 4.79 Å². The van der Waals surface area contributed by atoms with Crippen LogP contribution < -0.4 is 10.1 Å². The lowest BCUT2D eigenvalue weighted by Crippen LogP contribution is -2.54. The summed E-state index contributed by atoms with van der Waals surface area (Å²) >= 11 is 5.97. The Labute approximate surface area is 162 Å². The molecule has 0 radical (unpaired) electrons. The monoisotopic (exact) mass is 394 g/mol. The van der Waals surface area contributed by atoms with Gasteiger partial charge in [-0.25, -0.2) is 4.79 Å². The maximum absolute atomic E-state index is 12.8. The molecule has 1 saturated carbocycles. The van der Waals surface area contributed by atoms with Crippen molar-refractivity contribution in [2.75, 3.05) is 19.8 Å². The molecule has 3 rings (SSSR count). The Kier molecular flexibility index (Phi) is 5.89. The molecule has 1 heterocycles. The fraction of sp³-hybridized carbons (Fsp3) is 0.526. The molecule has 1 aromatic rings. The van der Waals surface area contributed by atoms with E-state index in [1.54, 1.807) is 24.3 Å². The molecule has 0 aromatic heterocycles. The Morgan fingerprint density at radius 3 is 2.81 bits per heavy atom. The number of halogens is 1. The van der Waals surface area contributed by atoms with Gasteiger partial charge in [0.25, 0.3) is 5.91 Å². The molecule has 1 saturated heterocycles. The van der Waals surface area contributed by atoms with Crippen molar-refractivity contribution in [3.8, 4) is 5.75 Å². The van der Waals surface area contributed by atoms with Gasteiger partial charge in [0.15, 0.2) is 0 Å². The zero-order valence-electron chi connectivity index (χ0n) is 15.2. The van der Waals surface area contributed by atoms with Crippen LogP contribution in [0, 0.1) is 5.92 Å². The summed E-state index contributed by atoms with van der Waals surface area (Å²) in [5.41, 5.74) is -0.872. The van der Waals surface area contributed by atoms with Crippen molar-refractivity contribution in [2.45, 2.75) is 38.1 Å². The first kappa shape index (κ1) is 19.5. The van der Waals surface area contributed by atoms with Gasteiger partial charge in [0.2, 0.25) is 0 Å². The van der Waals surface area contributed by atoms with Gasteiger partial charge < -0.3 is 14.8 Å². The first-order valence-corrected chi connectivity index (χ1v) is 9.49. The van der Waals surface area contributed by atoms with Crippen molar-refractivity contribution < 1.29 is 23.9 Å². The van der Waals surface area contributed by atoms with Crippen LogP contribution in [0.5, 0.6) is 5.75 Å². The van der Waals surface area contributed by atoms with Crippen molar-refractivity contribution >= 4 is 29.5 Å². The average molecular weight is 395 g/mol. The first-order chi connectivity index (χ1) is 12.9. The zero-order chi connectivity index (χ0) is 19.4. The molecule has 3 amide bonds. The number of amides is 3. The molecule has 8 heteroatoms. The van der Waals surface area contributed by atoms with E-state index in [2.05, 4.69) is 5.32 Å². The first-order valence-electron chi connectivity index (χ1n) is 9.11. The van der Waals surface area contributed by atoms with E-state index in [9.17, 15) is 14.4 Å². The molecule has 2 aliphatic rings. The quantitative estimate of drug-likeness (QED) is 0.455. The van der Waals surface area contributed by atoms with Crippen molar-refractivity contribution in [1.29, 1.82) is 0 Å². The number of nitrogens with zero attached hydrogens (tertiary/aromatic N) is 1. The number of carbonyl (C=O) groups is 3. The Morgan fingerprint density at radius 2 is 2.07 bits per heavy atom. The highest BCUT2D eigenvalue weighted by molar-refractivity contribution is 6.32. The van der Waals surface area contributed by atoms with Crippen LogP contribution in [-0.2, 0) is 14.3 Å². The minimum absolute atomic E-state index is 0.00471. The molecule has 2 atom stereocenters. The highest BCUT2D eigenvalue weighted by atomic mass is 35.5. The van der Waals surface area contributed by atoms with Crippen LogP contribution >= 0.6 is 11.6 Å². The summed E-state index contributed by atoms with van der Waals surface area (Å²) in [4.78, 5) is 38.0. The Balaban J connectivity index is 1.48. The summed E-state index contributed by atoms with van der Waals surface area (Å²) in [6.07, 6.45) is 3.41. The maximum atomic E-state index is 12.8. The second kappa shape index (κ2) is 8.17. The number of hydrogen-bond acceptors (Lipinski definition) is 5. The number of nitrogens with one attached hydrogen (secondary N) is 1. The molecule has 1 aliphatic heterocycles. The summed E-state index contributed by atoms with van der Waals surface area (Å²) in [6, 6.07) is 6.45. The average Bonchev–Trinajstić information content (AvgIpc) is 2.88. The van der Waals surface area contributed by atoms with Gasteiger partial charge in [-0.05, 0) is 30.9 Å². The number of ether oxygens (including phenoxy) is 2. The molecular weight excluding hydrogens is 372 g/mol. The molecular formula is C19H23ClN2O5. The molecule has 146 valence electrons. The van der Waals surface area contributed by atoms with Gasteiger partial charge in [0.1, 0.15) is 31.0 Å². The molecule has 1 aromatic carbocycles. The Morgan fingerprint density at radius 1 is 1.30 bits per heavy atom. The van der Waals surface area contributed by atoms with Crippen LogP contribution in [0.15, 0.2) is 24.3 Å². The summed E-state index contributed by atoms with van der Waals surface area (Å²) < 4.78 is 10.5. The number of hydrogen-bond donors (Lipinski definition) is 1. The molecule has 27 heavy (non-hydrogen) atoms. The summed E-state index contributed by atoms with van der Waals surface area (Å²) in [5, 5.41) is 3.28. The van der Waals surface area contributed by atoms with Gasteiger partial charge in [-0.3, -0.25) is 14.5 Å². The standard InChI is InChI=1S/C19H23ClN2O5/c1-13-6-4-5-9-19(13)17(24)22(18(25)21-19)12-16(23)27-11-10-26-15-8-3-2-7-14(15)20/h2-3,7-8,13H,4-6,9-12H2,1H3,(H,21,25)/t13-,19-/m0/s1. The van der Waals surface area contributed by atoms with Crippen LogP contribution in [0.2, 0.25) is 5.02 Å². The third kappa shape index (κ3) is 4.03. The van der Waals surface area contributed by atoms with Gasteiger partial charge in [-0.2, -0.15) is 0 Å². The minimum Gasteiger partial charge on any atom is -0.488 e. The number of carbonyl (C=O) groups excluding carboxylic acids is 3.